The van der Waals surface area contributed by atoms with Crippen LogP contribution < -0.4 is 0 Å². The van der Waals surface area contributed by atoms with E-state index in [9.17, 15) is 9.18 Å². The number of carbonyl (C=O) groups is 1. The van der Waals surface area contributed by atoms with Crippen molar-refractivity contribution in [2.75, 3.05) is 13.1 Å². The molecule has 0 radical (unpaired) electrons. The Morgan fingerprint density at radius 1 is 1.25 bits per heavy atom. The zero-order chi connectivity index (χ0) is 19.6. The normalized spacial score (nSPS) is 19.6. The first-order chi connectivity index (χ1) is 13.5. The van der Waals surface area contributed by atoms with Crippen LogP contribution in [0.3, 0.4) is 0 Å². The van der Waals surface area contributed by atoms with Crippen molar-refractivity contribution >= 4 is 5.91 Å². The van der Waals surface area contributed by atoms with Gasteiger partial charge in [-0.1, -0.05) is 18.2 Å². The molecule has 0 spiro atoms. The van der Waals surface area contributed by atoms with Crippen LogP contribution >= 0.6 is 0 Å². The molecule has 1 fully saturated rings. The van der Waals surface area contributed by atoms with Gasteiger partial charge in [0.25, 0.3) is 5.91 Å². The number of amides is 1. The highest BCUT2D eigenvalue weighted by Gasteiger charge is 2.38. The number of halogens is 1. The number of oxazole rings is 1. The first kappa shape index (κ1) is 18.3. The van der Waals surface area contributed by atoms with Gasteiger partial charge in [0.15, 0.2) is 0 Å². The molecule has 144 valence electrons. The molecule has 6 heteroatoms. The molecule has 2 aromatic heterocycles. The first-order valence-electron chi connectivity index (χ1n) is 9.43. The van der Waals surface area contributed by atoms with E-state index in [1.54, 1.807) is 48.9 Å². The van der Waals surface area contributed by atoms with Crippen LogP contribution in [0.2, 0.25) is 0 Å². The average molecular weight is 379 g/mol. The number of nitrogens with zero attached hydrogens (tertiary/aromatic N) is 3. The van der Waals surface area contributed by atoms with Gasteiger partial charge in [-0.05, 0) is 43.5 Å². The monoisotopic (exact) mass is 379 g/mol. The number of aromatic nitrogens is 2. The molecule has 1 saturated heterocycles. The van der Waals surface area contributed by atoms with Gasteiger partial charge >= 0.3 is 0 Å². The molecule has 0 aliphatic carbocycles. The van der Waals surface area contributed by atoms with Crippen molar-refractivity contribution in [1.82, 2.24) is 14.9 Å². The summed E-state index contributed by atoms with van der Waals surface area (Å²) in [6, 6.07) is 10.2. The Labute approximate surface area is 163 Å². The standard InChI is InChI=1S/C22H22FN3O2/c1-22(9-5-11-26(15-22)20(27)17-7-4-10-24-13-17)21-25-14-18(28-21)12-16-6-2-3-8-19(16)23/h2-4,6-8,10,13-14H,5,9,11-12,15H2,1H3/t22-/m1/s1. The Bertz CT molecular complexity index is 973. The molecular weight excluding hydrogens is 357 g/mol. The van der Waals surface area contributed by atoms with E-state index < -0.39 is 0 Å². The number of pyridine rings is 1. The summed E-state index contributed by atoms with van der Waals surface area (Å²) in [6.45, 7) is 3.29. The third kappa shape index (κ3) is 3.67. The molecule has 5 nitrogen and oxygen atoms in total. The smallest absolute Gasteiger partial charge is 0.255 e. The number of hydrogen-bond acceptors (Lipinski definition) is 4. The Morgan fingerprint density at radius 2 is 2.11 bits per heavy atom. The van der Waals surface area contributed by atoms with Crippen LogP contribution in [0.25, 0.3) is 0 Å². The van der Waals surface area contributed by atoms with Gasteiger partial charge in [0.2, 0.25) is 5.89 Å². The van der Waals surface area contributed by atoms with E-state index in [-0.39, 0.29) is 17.1 Å². The van der Waals surface area contributed by atoms with Gasteiger partial charge in [-0.25, -0.2) is 9.37 Å². The second-order valence-corrected chi connectivity index (χ2v) is 7.53. The summed E-state index contributed by atoms with van der Waals surface area (Å²) >= 11 is 0. The largest absolute Gasteiger partial charge is 0.445 e. The summed E-state index contributed by atoms with van der Waals surface area (Å²) in [5.74, 6) is 0.939. The van der Waals surface area contributed by atoms with Crippen molar-refractivity contribution in [1.29, 1.82) is 0 Å². The van der Waals surface area contributed by atoms with Crippen molar-refractivity contribution in [3.8, 4) is 0 Å². The predicted octanol–water partition coefficient (Wildman–Crippen LogP) is 3.99. The molecule has 0 saturated carbocycles. The molecule has 1 aliphatic rings. The SMILES string of the molecule is C[C@@]1(c2ncc(Cc3ccccc3F)o2)CCCN(C(=O)c2cccnc2)C1. The molecular formula is C22H22FN3O2. The van der Waals surface area contributed by atoms with E-state index in [4.69, 9.17) is 4.42 Å². The minimum absolute atomic E-state index is 0.0304. The molecule has 4 rings (SSSR count). The lowest BCUT2D eigenvalue weighted by molar-refractivity contribution is 0.0625. The van der Waals surface area contributed by atoms with Crippen molar-refractivity contribution in [3.63, 3.8) is 0 Å². The third-order valence-corrected chi connectivity index (χ3v) is 5.28. The van der Waals surface area contributed by atoms with E-state index in [1.165, 1.54) is 6.07 Å². The summed E-state index contributed by atoms with van der Waals surface area (Å²) in [7, 11) is 0. The minimum atomic E-state index is -0.371. The number of hydrogen-bond donors (Lipinski definition) is 0. The fourth-order valence-corrected chi connectivity index (χ4v) is 3.76. The molecule has 1 amide bonds. The number of piperidine rings is 1. The van der Waals surface area contributed by atoms with Crippen LogP contribution in [0.4, 0.5) is 4.39 Å². The maximum Gasteiger partial charge on any atom is 0.255 e. The average Bonchev–Trinajstić information content (AvgIpc) is 3.19. The molecule has 1 atom stereocenters. The number of likely N-dealkylation sites (tertiary alicyclic amines) is 1. The summed E-state index contributed by atoms with van der Waals surface area (Å²) in [6.07, 6.45) is 7.01. The second kappa shape index (κ2) is 7.54. The Balaban J connectivity index is 1.51. The van der Waals surface area contributed by atoms with E-state index in [1.807, 2.05) is 4.90 Å². The van der Waals surface area contributed by atoms with E-state index in [0.717, 1.165) is 12.8 Å². The van der Waals surface area contributed by atoms with Crippen molar-refractivity contribution < 1.29 is 13.6 Å². The molecule has 3 heterocycles. The minimum Gasteiger partial charge on any atom is -0.445 e. The summed E-state index contributed by atoms with van der Waals surface area (Å²) in [4.78, 5) is 23.1. The maximum atomic E-state index is 13.9. The molecule has 0 unspecified atom stereocenters. The lowest BCUT2D eigenvalue weighted by atomic mass is 9.81. The van der Waals surface area contributed by atoms with Crippen LogP contribution in [-0.2, 0) is 11.8 Å². The van der Waals surface area contributed by atoms with Gasteiger partial charge in [-0.2, -0.15) is 0 Å². The van der Waals surface area contributed by atoms with Gasteiger partial charge < -0.3 is 9.32 Å². The summed E-state index contributed by atoms with van der Waals surface area (Å²) in [5.41, 5.74) is 0.788. The van der Waals surface area contributed by atoms with Gasteiger partial charge in [0, 0.05) is 31.9 Å². The molecule has 0 bridgehead atoms. The topological polar surface area (TPSA) is 59.2 Å². The fourth-order valence-electron chi connectivity index (χ4n) is 3.76. The zero-order valence-electron chi connectivity index (χ0n) is 15.8. The lowest BCUT2D eigenvalue weighted by Gasteiger charge is -2.38. The maximum absolute atomic E-state index is 13.9. The highest BCUT2D eigenvalue weighted by Crippen LogP contribution is 2.34. The van der Waals surface area contributed by atoms with E-state index >= 15 is 0 Å². The van der Waals surface area contributed by atoms with Gasteiger partial charge in [-0.3, -0.25) is 9.78 Å². The van der Waals surface area contributed by atoms with Gasteiger partial charge in [-0.15, -0.1) is 0 Å². The van der Waals surface area contributed by atoms with Gasteiger partial charge in [0.1, 0.15) is 11.6 Å². The number of rotatable bonds is 4. The van der Waals surface area contributed by atoms with Crippen molar-refractivity contribution in [2.24, 2.45) is 0 Å². The quantitative estimate of drug-likeness (QED) is 0.688. The fraction of sp³-hybridized carbons (Fsp3) is 0.318. The summed E-state index contributed by atoms with van der Waals surface area (Å²) < 4.78 is 19.9. The van der Waals surface area contributed by atoms with Crippen LogP contribution in [0.5, 0.6) is 0 Å². The van der Waals surface area contributed by atoms with Crippen LogP contribution in [0.1, 0.15) is 47.3 Å². The number of carbonyl (C=O) groups excluding carboxylic acids is 1. The molecule has 3 aromatic rings. The zero-order valence-corrected chi connectivity index (χ0v) is 15.8. The highest BCUT2D eigenvalue weighted by atomic mass is 19.1. The second-order valence-electron chi connectivity index (χ2n) is 7.53. The van der Waals surface area contributed by atoms with E-state index in [0.29, 0.717) is 42.3 Å². The molecule has 1 aliphatic heterocycles. The van der Waals surface area contributed by atoms with Crippen molar-refractivity contribution in [2.45, 2.75) is 31.6 Å². The predicted molar refractivity (Wildman–Crippen MR) is 102 cm³/mol. The van der Waals surface area contributed by atoms with Crippen molar-refractivity contribution in [3.05, 3.63) is 83.6 Å². The highest BCUT2D eigenvalue weighted by molar-refractivity contribution is 5.94. The van der Waals surface area contributed by atoms with Crippen LogP contribution in [0, 0.1) is 5.82 Å². The Morgan fingerprint density at radius 3 is 2.89 bits per heavy atom. The molecule has 28 heavy (non-hydrogen) atoms. The first-order valence-corrected chi connectivity index (χ1v) is 9.43. The molecule has 0 N–H and O–H groups in total. The van der Waals surface area contributed by atoms with E-state index in [2.05, 4.69) is 16.9 Å². The number of benzene rings is 1. The van der Waals surface area contributed by atoms with Gasteiger partial charge in [0.05, 0.1) is 17.2 Å². The Kier molecular flexibility index (Phi) is 4.94. The third-order valence-electron chi connectivity index (χ3n) is 5.28. The Hall–Kier alpha value is -3.02. The summed E-state index contributed by atoms with van der Waals surface area (Å²) in [5, 5.41) is 0. The van der Waals surface area contributed by atoms with Crippen LogP contribution in [-0.4, -0.2) is 33.9 Å². The van der Waals surface area contributed by atoms with Crippen LogP contribution in [0.15, 0.2) is 59.4 Å². The molecule has 1 aromatic carbocycles. The lowest BCUT2D eigenvalue weighted by Crippen LogP contribution is -2.47.